The van der Waals surface area contributed by atoms with E-state index in [2.05, 4.69) is 0 Å². The summed E-state index contributed by atoms with van der Waals surface area (Å²) < 4.78 is 5.29. The Kier molecular flexibility index (Phi) is 4.71. The van der Waals surface area contributed by atoms with E-state index in [1.807, 2.05) is 21.6 Å². The molecule has 1 spiro atoms. The van der Waals surface area contributed by atoms with Gasteiger partial charge in [-0.25, -0.2) is 0 Å². The van der Waals surface area contributed by atoms with Crippen molar-refractivity contribution in [2.45, 2.75) is 17.7 Å². The number of benzene rings is 1. The van der Waals surface area contributed by atoms with Crippen LogP contribution in [0, 0.1) is 0 Å². The zero-order valence-corrected chi connectivity index (χ0v) is 15.8. The second-order valence-corrected chi connectivity index (χ2v) is 8.42. The lowest BCUT2D eigenvalue weighted by atomic mass is 10.0. The zero-order chi connectivity index (χ0) is 18.1. The molecule has 3 heterocycles. The summed E-state index contributed by atoms with van der Waals surface area (Å²) in [6, 6.07) is 10.4. The van der Waals surface area contributed by atoms with Gasteiger partial charge in [0.15, 0.2) is 5.76 Å². The van der Waals surface area contributed by atoms with Crippen molar-refractivity contribution in [3.63, 3.8) is 0 Å². The summed E-state index contributed by atoms with van der Waals surface area (Å²) in [4.78, 5) is 29.0. The first-order chi connectivity index (χ1) is 12.6. The highest BCUT2D eigenvalue weighted by Crippen LogP contribution is 2.44. The van der Waals surface area contributed by atoms with Gasteiger partial charge < -0.3 is 14.2 Å². The maximum atomic E-state index is 12.8. The molecule has 2 aliphatic rings. The van der Waals surface area contributed by atoms with Gasteiger partial charge in [0, 0.05) is 36.0 Å². The molecule has 2 saturated heterocycles. The SMILES string of the molecule is O=C(c1ccc(Cl)cc1)N1CCC2(CC1)SCCN2C(=O)c1ccco1. The number of hydrogen-bond acceptors (Lipinski definition) is 4. The number of piperidine rings is 1. The molecule has 1 aromatic heterocycles. The fourth-order valence-corrected chi connectivity index (χ4v) is 5.26. The molecule has 2 amide bonds. The van der Waals surface area contributed by atoms with E-state index in [9.17, 15) is 9.59 Å². The highest BCUT2D eigenvalue weighted by molar-refractivity contribution is 8.00. The molecule has 4 rings (SSSR count). The molecular formula is C19H19ClN2O3S. The third-order valence-electron chi connectivity index (χ3n) is 5.08. The van der Waals surface area contributed by atoms with E-state index in [0.717, 1.165) is 25.1 Å². The van der Waals surface area contributed by atoms with Crippen LogP contribution in [0.4, 0.5) is 0 Å². The minimum absolute atomic E-state index is 0.0171. The van der Waals surface area contributed by atoms with E-state index in [1.165, 1.54) is 6.26 Å². The Morgan fingerprint density at radius 3 is 2.42 bits per heavy atom. The Balaban J connectivity index is 1.46. The van der Waals surface area contributed by atoms with Crippen molar-refractivity contribution in [1.29, 1.82) is 0 Å². The number of hydrogen-bond donors (Lipinski definition) is 0. The second kappa shape index (κ2) is 7.00. The Morgan fingerprint density at radius 2 is 1.77 bits per heavy atom. The van der Waals surface area contributed by atoms with Crippen LogP contribution >= 0.6 is 23.4 Å². The van der Waals surface area contributed by atoms with Crippen molar-refractivity contribution in [2.24, 2.45) is 0 Å². The lowest BCUT2D eigenvalue weighted by Crippen LogP contribution is -2.53. The van der Waals surface area contributed by atoms with Crippen LogP contribution < -0.4 is 0 Å². The van der Waals surface area contributed by atoms with Gasteiger partial charge in [-0.1, -0.05) is 11.6 Å². The molecule has 0 atom stereocenters. The van der Waals surface area contributed by atoms with E-state index >= 15 is 0 Å². The number of amides is 2. The maximum Gasteiger partial charge on any atom is 0.290 e. The Labute approximate surface area is 161 Å². The quantitative estimate of drug-likeness (QED) is 0.783. The van der Waals surface area contributed by atoms with Gasteiger partial charge in [0.2, 0.25) is 0 Å². The summed E-state index contributed by atoms with van der Waals surface area (Å²) in [6.45, 7) is 1.99. The fraction of sp³-hybridized carbons (Fsp3) is 0.368. The summed E-state index contributed by atoms with van der Waals surface area (Å²) in [5.41, 5.74) is 0.646. The van der Waals surface area contributed by atoms with Crippen molar-refractivity contribution in [2.75, 3.05) is 25.4 Å². The number of likely N-dealkylation sites (tertiary alicyclic amines) is 1. The molecule has 2 fully saturated rings. The van der Waals surface area contributed by atoms with E-state index in [4.69, 9.17) is 16.0 Å². The molecule has 0 unspecified atom stereocenters. The van der Waals surface area contributed by atoms with Crippen molar-refractivity contribution < 1.29 is 14.0 Å². The third-order valence-corrected chi connectivity index (χ3v) is 6.88. The summed E-state index contributed by atoms with van der Waals surface area (Å²) >= 11 is 7.72. The van der Waals surface area contributed by atoms with Gasteiger partial charge in [-0.2, -0.15) is 0 Å². The molecule has 136 valence electrons. The van der Waals surface area contributed by atoms with Crippen LogP contribution in [0.1, 0.15) is 33.8 Å². The lowest BCUT2D eigenvalue weighted by molar-refractivity contribution is 0.0477. The number of nitrogens with zero attached hydrogens (tertiary/aromatic N) is 2. The smallest absolute Gasteiger partial charge is 0.290 e. The first kappa shape index (κ1) is 17.5. The predicted octanol–water partition coefficient (Wildman–Crippen LogP) is 3.75. The standard InChI is InChI=1S/C19H19ClN2O3S/c20-15-5-3-14(4-6-15)17(23)21-9-7-19(8-10-21)22(11-13-26-19)18(24)16-2-1-12-25-16/h1-6,12H,7-11,13H2. The fourth-order valence-electron chi connectivity index (χ4n) is 3.68. The molecule has 2 aromatic rings. The molecule has 1 aromatic carbocycles. The summed E-state index contributed by atoms with van der Waals surface area (Å²) in [5, 5.41) is 0.619. The predicted molar refractivity (Wildman–Crippen MR) is 102 cm³/mol. The van der Waals surface area contributed by atoms with Gasteiger partial charge in [0.1, 0.15) is 0 Å². The topological polar surface area (TPSA) is 53.8 Å². The number of halogens is 1. The Hall–Kier alpha value is -1.92. The summed E-state index contributed by atoms with van der Waals surface area (Å²) in [5.74, 6) is 1.25. The van der Waals surface area contributed by atoms with Crippen LogP contribution in [-0.4, -0.2) is 51.9 Å². The summed E-state index contributed by atoms with van der Waals surface area (Å²) in [7, 11) is 0. The number of furan rings is 1. The molecule has 2 aliphatic heterocycles. The zero-order valence-electron chi connectivity index (χ0n) is 14.2. The average Bonchev–Trinajstić information content (AvgIpc) is 3.32. The minimum atomic E-state index is -0.235. The third kappa shape index (κ3) is 3.12. The van der Waals surface area contributed by atoms with Gasteiger partial charge in [-0.3, -0.25) is 9.59 Å². The number of rotatable bonds is 2. The normalized spacial score (nSPS) is 19.1. The monoisotopic (exact) mass is 390 g/mol. The molecule has 7 heteroatoms. The molecule has 26 heavy (non-hydrogen) atoms. The van der Waals surface area contributed by atoms with Crippen LogP contribution in [0.3, 0.4) is 0 Å². The van der Waals surface area contributed by atoms with Crippen LogP contribution in [0.25, 0.3) is 0 Å². The van der Waals surface area contributed by atoms with Crippen molar-refractivity contribution in [3.05, 3.63) is 59.0 Å². The number of carbonyl (C=O) groups is 2. The van der Waals surface area contributed by atoms with Crippen LogP contribution in [-0.2, 0) is 0 Å². The largest absolute Gasteiger partial charge is 0.459 e. The number of carbonyl (C=O) groups excluding carboxylic acids is 2. The van der Waals surface area contributed by atoms with Crippen molar-refractivity contribution in [3.8, 4) is 0 Å². The van der Waals surface area contributed by atoms with Crippen LogP contribution in [0.15, 0.2) is 47.1 Å². The van der Waals surface area contributed by atoms with Gasteiger partial charge in [-0.05, 0) is 49.2 Å². The van der Waals surface area contributed by atoms with Gasteiger partial charge in [0.25, 0.3) is 11.8 Å². The molecule has 0 saturated carbocycles. The van der Waals surface area contributed by atoms with E-state index in [-0.39, 0.29) is 16.7 Å². The molecular weight excluding hydrogens is 372 g/mol. The molecule has 0 bridgehead atoms. The van der Waals surface area contributed by atoms with Gasteiger partial charge >= 0.3 is 0 Å². The molecule has 0 aliphatic carbocycles. The van der Waals surface area contributed by atoms with E-state index in [1.54, 1.807) is 36.4 Å². The second-order valence-electron chi connectivity index (χ2n) is 6.53. The average molecular weight is 391 g/mol. The highest BCUT2D eigenvalue weighted by atomic mass is 35.5. The van der Waals surface area contributed by atoms with E-state index in [0.29, 0.717) is 29.4 Å². The van der Waals surface area contributed by atoms with E-state index < -0.39 is 0 Å². The van der Waals surface area contributed by atoms with Gasteiger partial charge in [0.05, 0.1) is 11.1 Å². The highest BCUT2D eigenvalue weighted by Gasteiger charge is 2.47. The Morgan fingerprint density at radius 1 is 1.04 bits per heavy atom. The van der Waals surface area contributed by atoms with Crippen molar-refractivity contribution >= 4 is 35.2 Å². The molecule has 5 nitrogen and oxygen atoms in total. The number of thioether (sulfide) groups is 1. The van der Waals surface area contributed by atoms with Crippen LogP contribution in [0.5, 0.6) is 0 Å². The lowest BCUT2D eigenvalue weighted by Gasteiger charge is -2.43. The maximum absolute atomic E-state index is 12.8. The molecule has 0 N–H and O–H groups in total. The Bertz CT molecular complexity index is 799. The van der Waals surface area contributed by atoms with Crippen molar-refractivity contribution in [1.82, 2.24) is 9.80 Å². The van der Waals surface area contributed by atoms with Gasteiger partial charge in [-0.15, -0.1) is 11.8 Å². The summed E-state index contributed by atoms with van der Waals surface area (Å²) in [6.07, 6.45) is 3.06. The molecule has 0 radical (unpaired) electrons. The minimum Gasteiger partial charge on any atom is -0.459 e. The first-order valence-corrected chi connectivity index (χ1v) is 10.00. The first-order valence-electron chi connectivity index (χ1n) is 8.63. The van der Waals surface area contributed by atoms with Crippen LogP contribution in [0.2, 0.25) is 5.02 Å².